The Morgan fingerprint density at radius 3 is 1.93 bits per heavy atom. The first-order valence-corrected chi connectivity index (χ1v) is 10.3. The molecule has 4 heteroatoms. The predicted octanol–water partition coefficient (Wildman–Crippen LogP) is 2.79. The molecule has 0 aromatic heterocycles. The molecular weight excluding hydrogens is 358 g/mol. The first-order chi connectivity index (χ1) is 14.2. The Kier molecular flexibility index (Phi) is 5.92. The van der Waals surface area contributed by atoms with Crippen LogP contribution in [0.3, 0.4) is 0 Å². The van der Waals surface area contributed by atoms with Gasteiger partial charge < -0.3 is 15.1 Å². The van der Waals surface area contributed by atoms with Gasteiger partial charge in [-0.2, -0.15) is 0 Å². The molecule has 4 nitrogen and oxygen atoms in total. The van der Waals surface area contributed by atoms with E-state index in [9.17, 15) is 4.79 Å². The number of carbonyl (C=O) groups is 1. The van der Waals surface area contributed by atoms with Crippen LogP contribution in [0.1, 0.15) is 17.0 Å². The molecule has 0 bridgehead atoms. The SMILES string of the molecule is C[NH+]1CCN(c2ccccc2NC(=O)C(c2ccccc2)c2ccccc2)CC1. The van der Waals surface area contributed by atoms with Crippen molar-refractivity contribution >= 4 is 17.3 Å². The van der Waals surface area contributed by atoms with Crippen LogP contribution in [0.15, 0.2) is 84.9 Å². The molecule has 29 heavy (non-hydrogen) atoms. The van der Waals surface area contributed by atoms with E-state index in [1.54, 1.807) is 4.90 Å². The fourth-order valence-corrected chi connectivity index (χ4v) is 3.98. The van der Waals surface area contributed by atoms with Crippen LogP contribution >= 0.6 is 0 Å². The number of nitrogens with zero attached hydrogens (tertiary/aromatic N) is 1. The summed E-state index contributed by atoms with van der Waals surface area (Å²) in [5.41, 5.74) is 3.98. The summed E-state index contributed by atoms with van der Waals surface area (Å²) in [5, 5.41) is 3.23. The van der Waals surface area contributed by atoms with Crippen molar-refractivity contribution in [3.63, 3.8) is 0 Å². The molecule has 2 N–H and O–H groups in total. The van der Waals surface area contributed by atoms with E-state index in [4.69, 9.17) is 0 Å². The highest BCUT2D eigenvalue weighted by Crippen LogP contribution is 2.30. The zero-order valence-electron chi connectivity index (χ0n) is 16.8. The Hall–Kier alpha value is -3.11. The van der Waals surface area contributed by atoms with Crippen LogP contribution in [0.4, 0.5) is 11.4 Å². The van der Waals surface area contributed by atoms with Crippen molar-refractivity contribution in [2.24, 2.45) is 0 Å². The van der Waals surface area contributed by atoms with E-state index < -0.39 is 0 Å². The molecule has 1 saturated heterocycles. The van der Waals surface area contributed by atoms with Gasteiger partial charge in [0, 0.05) is 0 Å². The van der Waals surface area contributed by atoms with Crippen LogP contribution in [0.25, 0.3) is 0 Å². The van der Waals surface area contributed by atoms with Gasteiger partial charge in [0.05, 0.1) is 50.5 Å². The largest absolute Gasteiger partial charge is 0.359 e. The topological polar surface area (TPSA) is 36.8 Å². The summed E-state index contributed by atoms with van der Waals surface area (Å²) in [6.45, 7) is 4.22. The lowest BCUT2D eigenvalue weighted by Crippen LogP contribution is -3.12. The summed E-state index contributed by atoms with van der Waals surface area (Å²) in [7, 11) is 2.23. The number of hydrogen-bond acceptors (Lipinski definition) is 2. The predicted molar refractivity (Wildman–Crippen MR) is 119 cm³/mol. The molecule has 0 radical (unpaired) electrons. The van der Waals surface area contributed by atoms with Gasteiger partial charge in [-0.3, -0.25) is 4.79 Å². The van der Waals surface area contributed by atoms with Gasteiger partial charge >= 0.3 is 0 Å². The zero-order valence-corrected chi connectivity index (χ0v) is 16.8. The minimum absolute atomic E-state index is 0.00500. The van der Waals surface area contributed by atoms with Gasteiger partial charge in [0.25, 0.3) is 0 Å². The molecule has 0 unspecified atom stereocenters. The van der Waals surface area contributed by atoms with Crippen molar-refractivity contribution in [3.05, 3.63) is 96.1 Å². The fourth-order valence-electron chi connectivity index (χ4n) is 3.98. The summed E-state index contributed by atoms with van der Waals surface area (Å²) in [6, 6.07) is 28.1. The second-order valence-corrected chi connectivity index (χ2v) is 7.70. The van der Waals surface area contributed by atoms with E-state index in [2.05, 4.69) is 23.3 Å². The number of likely N-dealkylation sites (N-methyl/N-ethyl adjacent to an activating group) is 1. The minimum Gasteiger partial charge on any atom is -0.359 e. The maximum absolute atomic E-state index is 13.5. The van der Waals surface area contributed by atoms with Crippen molar-refractivity contribution in [1.29, 1.82) is 0 Å². The average molecular weight is 387 g/mol. The number of anilines is 2. The third kappa shape index (κ3) is 4.49. The van der Waals surface area contributed by atoms with E-state index in [0.29, 0.717) is 0 Å². The Morgan fingerprint density at radius 2 is 1.34 bits per heavy atom. The molecule has 1 aliphatic rings. The molecule has 0 atom stereocenters. The van der Waals surface area contributed by atoms with Gasteiger partial charge in [0.2, 0.25) is 5.91 Å². The highest BCUT2D eigenvalue weighted by Gasteiger charge is 2.25. The highest BCUT2D eigenvalue weighted by atomic mass is 16.1. The number of nitrogens with one attached hydrogen (secondary N) is 2. The van der Waals surface area contributed by atoms with Crippen LogP contribution in [0.2, 0.25) is 0 Å². The number of benzene rings is 3. The Morgan fingerprint density at radius 1 is 0.828 bits per heavy atom. The van der Waals surface area contributed by atoms with Crippen LogP contribution in [-0.2, 0) is 4.79 Å². The summed E-state index contributed by atoms with van der Waals surface area (Å²) in [5.74, 6) is -0.350. The van der Waals surface area contributed by atoms with Crippen molar-refractivity contribution in [2.45, 2.75) is 5.92 Å². The number of para-hydroxylation sites is 2. The lowest BCUT2D eigenvalue weighted by Gasteiger charge is -2.33. The Bertz CT molecular complexity index is 895. The van der Waals surface area contributed by atoms with E-state index in [1.807, 2.05) is 78.9 Å². The molecule has 4 rings (SSSR count). The fraction of sp³-hybridized carbons (Fsp3) is 0.240. The van der Waals surface area contributed by atoms with E-state index >= 15 is 0 Å². The number of quaternary nitrogens is 1. The molecule has 3 aromatic rings. The smallest absolute Gasteiger partial charge is 0.236 e. The number of amides is 1. The first-order valence-electron chi connectivity index (χ1n) is 10.3. The van der Waals surface area contributed by atoms with Crippen molar-refractivity contribution in [3.8, 4) is 0 Å². The molecule has 1 fully saturated rings. The van der Waals surface area contributed by atoms with E-state index in [0.717, 1.165) is 48.7 Å². The third-order valence-corrected chi connectivity index (χ3v) is 5.65. The van der Waals surface area contributed by atoms with E-state index in [-0.39, 0.29) is 11.8 Å². The van der Waals surface area contributed by atoms with Gasteiger partial charge in [-0.25, -0.2) is 0 Å². The standard InChI is InChI=1S/C25H27N3O/c1-27-16-18-28(19-17-27)23-15-9-8-14-22(23)26-25(29)24(20-10-4-2-5-11-20)21-12-6-3-7-13-21/h2-15,24H,16-19H2,1H3,(H,26,29)/p+1. The summed E-state index contributed by atoms with van der Waals surface area (Å²) in [4.78, 5) is 17.4. The Balaban J connectivity index is 1.62. The van der Waals surface area contributed by atoms with Crippen LogP contribution in [0, 0.1) is 0 Å². The van der Waals surface area contributed by atoms with Crippen molar-refractivity contribution in [1.82, 2.24) is 0 Å². The average Bonchev–Trinajstić information content (AvgIpc) is 2.76. The minimum atomic E-state index is -0.345. The molecule has 1 heterocycles. The maximum Gasteiger partial charge on any atom is 0.236 e. The number of piperazine rings is 1. The lowest BCUT2D eigenvalue weighted by molar-refractivity contribution is -0.880. The molecule has 3 aromatic carbocycles. The molecule has 0 spiro atoms. The number of hydrogen-bond donors (Lipinski definition) is 2. The zero-order chi connectivity index (χ0) is 20.1. The Labute approximate surface area is 172 Å². The number of carbonyl (C=O) groups excluding carboxylic acids is 1. The van der Waals surface area contributed by atoms with Crippen LogP contribution < -0.4 is 15.1 Å². The molecule has 0 aliphatic carbocycles. The van der Waals surface area contributed by atoms with Gasteiger partial charge in [-0.15, -0.1) is 0 Å². The summed E-state index contributed by atoms with van der Waals surface area (Å²) < 4.78 is 0. The quantitative estimate of drug-likeness (QED) is 0.708. The maximum atomic E-state index is 13.5. The van der Waals surface area contributed by atoms with Crippen molar-refractivity contribution in [2.75, 3.05) is 43.4 Å². The van der Waals surface area contributed by atoms with E-state index in [1.165, 1.54) is 0 Å². The second kappa shape index (κ2) is 8.93. The van der Waals surface area contributed by atoms with Crippen molar-refractivity contribution < 1.29 is 9.69 Å². The summed E-state index contributed by atoms with van der Waals surface area (Å²) in [6.07, 6.45) is 0. The monoisotopic (exact) mass is 386 g/mol. The van der Waals surface area contributed by atoms with Gasteiger partial charge in [-0.05, 0) is 23.3 Å². The van der Waals surface area contributed by atoms with Gasteiger partial charge in [0.15, 0.2) is 0 Å². The summed E-state index contributed by atoms with van der Waals surface area (Å²) >= 11 is 0. The molecule has 1 amide bonds. The third-order valence-electron chi connectivity index (χ3n) is 5.65. The first kappa shape index (κ1) is 19.2. The normalized spacial score (nSPS) is 14.8. The molecule has 1 aliphatic heterocycles. The second-order valence-electron chi connectivity index (χ2n) is 7.70. The van der Waals surface area contributed by atoms with Gasteiger partial charge in [0.1, 0.15) is 0 Å². The highest BCUT2D eigenvalue weighted by molar-refractivity contribution is 6.00. The van der Waals surface area contributed by atoms with Crippen LogP contribution in [0.5, 0.6) is 0 Å². The lowest BCUT2D eigenvalue weighted by atomic mass is 9.90. The molecule has 0 saturated carbocycles. The molecular formula is C25H28N3O+. The molecule has 148 valence electrons. The van der Waals surface area contributed by atoms with Gasteiger partial charge in [-0.1, -0.05) is 72.8 Å². The number of rotatable bonds is 5. The van der Waals surface area contributed by atoms with Crippen LogP contribution in [-0.4, -0.2) is 39.1 Å².